The molecule has 1 rings (SSSR count). The maximum atomic E-state index is 11.8. The topological polar surface area (TPSA) is 89.9 Å². The van der Waals surface area contributed by atoms with E-state index in [9.17, 15) is 13.2 Å². The van der Waals surface area contributed by atoms with Gasteiger partial charge < -0.3 is 9.84 Å². The molecular weight excluding hydrogens is 272 g/mol. The number of carboxylic acid groups (broad SMARTS) is 1. The number of carboxylic acids is 1. The van der Waals surface area contributed by atoms with E-state index in [0.717, 1.165) is 6.92 Å². The Morgan fingerprint density at radius 3 is 2.11 bits per heavy atom. The molecule has 0 bridgehead atoms. The van der Waals surface area contributed by atoms with Gasteiger partial charge in [0.1, 0.15) is 5.75 Å². The highest BCUT2D eigenvalue weighted by molar-refractivity contribution is 7.86. The second kappa shape index (κ2) is 6.03. The van der Waals surface area contributed by atoms with Crippen LogP contribution in [-0.2, 0) is 19.1 Å². The number of carbonyl (C=O) groups is 1. The van der Waals surface area contributed by atoms with Crippen molar-refractivity contribution in [3.8, 4) is 5.75 Å². The van der Waals surface area contributed by atoms with Gasteiger partial charge in [-0.25, -0.2) is 4.79 Å². The average molecular weight is 288 g/mol. The van der Waals surface area contributed by atoms with Gasteiger partial charge in [0.25, 0.3) is 10.1 Å². The zero-order chi connectivity index (χ0) is 14.6. The van der Waals surface area contributed by atoms with E-state index in [4.69, 9.17) is 9.84 Å². The standard InChI is InChI=1S/C12H16O6S/c1-8(2)17-10-4-6-11(7-5-10)19(15,16)18-9(3)12(13)14/h4-9H,1-3H3,(H,13,14). The minimum Gasteiger partial charge on any atom is -0.491 e. The van der Waals surface area contributed by atoms with Gasteiger partial charge in [-0.05, 0) is 45.0 Å². The van der Waals surface area contributed by atoms with Gasteiger partial charge in [-0.2, -0.15) is 8.42 Å². The lowest BCUT2D eigenvalue weighted by molar-refractivity contribution is -0.144. The summed E-state index contributed by atoms with van der Waals surface area (Å²) >= 11 is 0. The summed E-state index contributed by atoms with van der Waals surface area (Å²) in [6.45, 7) is 4.85. The van der Waals surface area contributed by atoms with Gasteiger partial charge in [0.05, 0.1) is 11.0 Å². The molecule has 0 saturated carbocycles. The van der Waals surface area contributed by atoms with Crippen LogP contribution in [0.2, 0.25) is 0 Å². The molecule has 1 unspecified atom stereocenters. The number of rotatable bonds is 6. The molecule has 19 heavy (non-hydrogen) atoms. The molecule has 0 heterocycles. The van der Waals surface area contributed by atoms with E-state index in [1.54, 1.807) is 0 Å². The van der Waals surface area contributed by atoms with Crippen molar-refractivity contribution in [2.45, 2.75) is 37.9 Å². The van der Waals surface area contributed by atoms with E-state index >= 15 is 0 Å². The van der Waals surface area contributed by atoms with Crippen LogP contribution in [0.3, 0.4) is 0 Å². The third kappa shape index (κ3) is 4.53. The summed E-state index contributed by atoms with van der Waals surface area (Å²) in [4.78, 5) is 10.5. The highest BCUT2D eigenvalue weighted by atomic mass is 32.2. The molecule has 6 nitrogen and oxygen atoms in total. The van der Waals surface area contributed by atoms with Crippen molar-refractivity contribution in [2.75, 3.05) is 0 Å². The fourth-order valence-electron chi connectivity index (χ4n) is 1.24. The van der Waals surface area contributed by atoms with Crippen molar-refractivity contribution in [3.63, 3.8) is 0 Å². The van der Waals surface area contributed by atoms with Crippen molar-refractivity contribution in [1.29, 1.82) is 0 Å². The minimum atomic E-state index is -4.09. The molecule has 7 heteroatoms. The molecule has 1 N–H and O–H groups in total. The third-order valence-corrected chi connectivity index (χ3v) is 3.49. The Kier molecular flexibility index (Phi) is 4.90. The number of benzene rings is 1. The van der Waals surface area contributed by atoms with Crippen LogP contribution in [0.1, 0.15) is 20.8 Å². The Bertz CT molecular complexity index is 532. The van der Waals surface area contributed by atoms with Crippen molar-refractivity contribution in [1.82, 2.24) is 0 Å². The molecule has 0 amide bonds. The smallest absolute Gasteiger partial charge is 0.334 e. The van der Waals surface area contributed by atoms with Crippen LogP contribution in [-0.4, -0.2) is 31.7 Å². The highest BCUT2D eigenvalue weighted by Gasteiger charge is 2.23. The molecule has 0 spiro atoms. The zero-order valence-electron chi connectivity index (χ0n) is 10.9. The summed E-state index contributed by atoms with van der Waals surface area (Å²) in [6, 6.07) is 5.59. The first kappa shape index (κ1) is 15.5. The minimum absolute atomic E-state index is 0.0225. The van der Waals surface area contributed by atoms with E-state index in [-0.39, 0.29) is 11.0 Å². The van der Waals surface area contributed by atoms with Crippen molar-refractivity contribution in [3.05, 3.63) is 24.3 Å². The molecule has 0 aliphatic rings. The normalized spacial score (nSPS) is 13.3. The Balaban J connectivity index is 2.88. The number of aliphatic carboxylic acids is 1. The van der Waals surface area contributed by atoms with Crippen LogP contribution in [0.5, 0.6) is 5.75 Å². The molecule has 106 valence electrons. The van der Waals surface area contributed by atoms with Crippen molar-refractivity contribution < 1.29 is 27.2 Å². The fraction of sp³-hybridized carbons (Fsp3) is 0.417. The molecule has 0 radical (unpaired) electrons. The highest BCUT2D eigenvalue weighted by Crippen LogP contribution is 2.19. The lowest BCUT2D eigenvalue weighted by atomic mass is 10.3. The van der Waals surface area contributed by atoms with Crippen LogP contribution in [0.4, 0.5) is 0 Å². The summed E-state index contributed by atoms with van der Waals surface area (Å²) in [5.74, 6) is -0.816. The summed E-state index contributed by atoms with van der Waals surface area (Å²) in [5, 5.41) is 8.63. The Morgan fingerprint density at radius 2 is 1.68 bits per heavy atom. The van der Waals surface area contributed by atoms with Crippen LogP contribution in [0.15, 0.2) is 29.2 Å². The van der Waals surface area contributed by atoms with Gasteiger partial charge in [0.2, 0.25) is 0 Å². The number of hydrogen-bond donors (Lipinski definition) is 1. The molecule has 1 aromatic rings. The van der Waals surface area contributed by atoms with E-state index < -0.39 is 22.2 Å². The number of hydrogen-bond acceptors (Lipinski definition) is 5. The van der Waals surface area contributed by atoms with Crippen LogP contribution in [0.25, 0.3) is 0 Å². The Hall–Kier alpha value is -1.60. The predicted molar refractivity (Wildman–Crippen MR) is 67.6 cm³/mol. The van der Waals surface area contributed by atoms with E-state index in [1.165, 1.54) is 24.3 Å². The first-order valence-electron chi connectivity index (χ1n) is 5.65. The van der Waals surface area contributed by atoms with Gasteiger partial charge in [0, 0.05) is 0 Å². The first-order chi connectivity index (χ1) is 8.72. The Morgan fingerprint density at radius 1 is 1.16 bits per heavy atom. The van der Waals surface area contributed by atoms with E-state index in [1.807, 2.05) is 13.8 Å². The molecular formula is C12H16O6S. The quantitative estimate of drug-likeness (QED) is 0.800. The molecule has 0 aromatic heterocycles. The third-order valence-electron chi connectivity index (χ3n) is 2.10. The van der Waals surface area contributed by atoms with Crippen molar-refractivity contribution >= 4 is 16.1 Å². The SMILES string of the molecule is CC(C)Oc1ccc(S(=O)(=O)OC(C)C(=O)O)cc1. The molecule has 0 saturated heterocycles. The summed E-state index contributed by atoms with van der Waals surface area (Å²) in [5.41, 5.74) is 0. The van der Waals surface area contributed by atoms with Gasteiger partial charge in [-0.1, -0.05) is 0 Å². The summed E-state index contributed by atoms with van der Waals surface area (Å²) in [6.07, 6.45) is -1.46. The average Bonchev–Trinajstić information content (AvgIpc) is 2.28. The molecule has 0 aliphatic carbocycles. The summed E-state index contributed by atoms with van der Waals surface area (Å²) < 4.78 is 33.4. The van der Waals surface area contributed by atoms with Crippen LogP contribution < -0.4 is 4.74 Å². The number of ether oxygens (including phenoxy) is 1. The lowest BCUT2D eigenvalue weighted by Gasteiger charge is -2.11. The van der Waals surface area contributed by atoms with Crippen LogP contribution in [0, 0.1) is 0 Å². The van der Waals surface area contributed by atoms with Crippen LogP contribution >= 0.6 is 0 Å². The molecule has 1 aromatic carbocycles. The monoisotopic (exact) mass is 288 g/mol. The van der Waals surface area contributed by atoms with Gasteiger partial charge >= 0.3 is 5.97 Å². The largest absolute Gasteiger partial charge is 0.491 e. The van der Waals surface area contributed by atoms with Gasteiger partial charge in [-0.15, -0.1) is 0 Å². The molecule has 1 atom stereocenters. The van der Waals surface area contributed by atoms with Gasteiger partial charge in [0.15, 0.2) is 6.10 Å². The van der Waals surface area contributed by atoms with E-state index in [0.29, 0.717) is 5.75 Å². The van der Waals surface area contributed by atoms with Crippen molar-refractivity contribution in [2.24, 2.45) is 0 Å². The van der Waals surface area contributed by atoms with Gasteiger partial charge in [-0.3, -0.25) is 4.18 Å². The lowest BCUT2D eigenvalue weighted by Crippen LogP contribution is -2.23. The fourth-order valence-corrected chi connectivity index (χ4v) is 2.29. The molecule has 0 aliphatic heterocycles. The second-order valence-electron chi connectivity index (χ2n) is 4.17. The predicted octanol–water partition coefficient (Wildman–Crippen LogP) is 1.65. The second-order valence-corrected chi connectivity index (χ2v) is 5.74. The maximum Gasteiger partial charge on any atom is 0.334 e. The van der Waals surface area contributed by atoms with E-state index in [2.05, 4.69) is 4.18 Å². The molecule has 0 fully saturated rings. The Labute approximate surface area is 112 Å². The zero-order valence-corrected chi connectivity index (χ0v) is 11.7. The first-order valence-corrected chi connectivity index (χ1v) is 7.06. The summed E-state index contributed by atoms with van der Waals surface area (Å²) in [7, 11) is -4.09. The maximum absolute atomic E-state index is 11.8.